The maximum absolute atomic E-state index is 10.2. The number of hydrogen-bond donors (Lipinski definition) is 1. The second kappa shape index (κ2) is 4.25. The van der Waals surface area contributed by atoms with E-state index in [0.29, 0.717) is 23.4 Å². The smallest absolute Gasteiger partial charge is 0.140 e. The Morgan fingerprint density at radius 2 is 2.22 bits per heavy atom. The molecule has 2 aromatic heterocycles. The normalized spacial score (nSPS) is 23.6. The summed E-state index contributed by atoms with van der Waals surface area (Å²) in [5, 5.41) is 12.0. The molecule has 0 amide bonds. The summed E-state index contributed by atoms with van der Waals surface area (Å²) in [6.07, 6.45) is 2.29. The number of aliphatic hydroxyl groups is 1. The van der Waals surface area contributed by atoms with Gasteiger partial charge in [0, 0.05) is 17.3 Å². The topological polar surface area (TPSA) is 38.0 Å². The number of nitrogens with zero attached hydrogens (tertiary/aromatic N) is 2. The predicted octanol–water partition coefficient (Wildman–Crippen LogP) is 2.88. The molecule has 0 saturated heterocycles. The molecule has 0 radical (unpaired) electrons. The highest BCUT2D eigenvalue weighted by Gasteiger charge is 2.30. The second-order valence-electron chi connectivity index (χ2n) is 5.49. The van der Waals surface area contributed by atoms with Crippen LogP contribution in [0.3, 0.4) is 0 Å². The van der Waals surface area contributed by atoms with Gasteiger partial charge in [-0.2, -0.15) is 0 Å². The second-order valence-corrected chi connectivity index (χ2v) is 5.93. The Morgan fingerprint density at radius 3 is 2.94 bits per heavy atom. The van der Waals surface area contributed by atoms with Crippen LogP contribution < -0.4 is 0 Å². The first-order valence-corrected chi connectivity index (χ1v) is 6.76. The van der Waals surface area contributed by atoms with E-state index in [1.54, 1.807) is 6.20 Å². The Morgan fingerprint density at radius 1 is 1.44 bits per heavy atom. The summed E-state index contributed by atoms with van der Waals surface area (Å²) in [6.45, 7) is 4.97. The summed E-state index contributed by atoms with van der Waals surface area (Å²) in [5.41, 5.74) is 2.18. The maximum Gasteiger partial charge on any atom is 0.140 e. The molecule has 1 aliphatic rings. The largest absolute Gasteiger partial charge is 0.391 e. The van der Waals surface area contributed by atoms with Crippen molar-refractivity contribution >= 4 is 22.6 Å². The molecule has 0 aliphatic carbocycles. The summed E-state index contributed by atoms with van der Waals surface area (Å²) in [5.74, 6) is 0.820. The molecule has 0 aromatic carbocycles. The Kier molecular flexibility index (Phi) is 2.83. The van der Waals surface area contributed by atoms with Crippen LogP contribution in [-0.2, 0) is 13.0 Å². The van der Waals surface area contributed by atoms with Crippen molar-refractivity contribution in [1.82, 2.24) is 9.55 Å². The third kappa shape index (κ3) is 1.82. The molecule has 3 rings (SSSR count). The fourth-order valence-corrected chi connectivity index (χ4v) is 3.09. The zero-order chi connectivity index (χ0) is 12.9. The molecule has 0 spiro atoms. The molecule has 2 atom stereocenters. The molecular weight excluding hydrogens is 248 g/mol. The Hall–Kier alpha value is -1.06. The summed E-state index contributed by atoms with van der Waals surface area (Å²) in [6, 6.07) is 4.08. The average molecular weight is 265 g/mol. The highest BCUT2D eigenvalue weighted by atomic mass is 35.5. The van der Waals surface area contributed by atoms with Crippen LogP contribution in [0.2, 0.25) is 5.02 Å². The van der Waals surface area contributed by atoms with E-state index in [-0.39, 0.29) is 6.10 Å². The number of pyridine rings is 1. The third-order valence-corrected chi connectivity index (χ3v) is 4.16. The summed E-state index contributed by atoms with van der Waals surface area (Å²) >= 11 is 5.97. The van der Waals surface area contributed by atoms with Crippen molar-refractivity contribution < 1.29 is 5.11 Å². The van der Waals surface area contributed by atoms with Crippen molar-refractivity contribution in [3.8, 4) is 0 Å². The van der Waals surface area contributed by atoms with Gasteiger partial charge in [-0.1, -0.05) is 25.4 Å². The van der Waals surface area contributed by atoms with Gasteiger partial charge in [-0.05, 0) is 30.4 Å². The molecule has 1 N–H and O–H groups in total. The van der Waals surface area contributed by atoms with Crippen molar-refractivity contribution in [2.24, 2.45) is 11.8 Å². The zero-order valence-electron chi connectivity index (χ0n) is 10.6. The lowest BCUT2D eigenvalue weighted by molar-refractivity contribution is 0.0521. The number of hydrogen-bond acceptors (Lipinski definition) is 2. The summed E-state index contributed by atoms with van der Waals surface area (Å²) in [4.78, 5) is 4.38. The van der Waals surface area contributed by atoms with Gasteiger partial charge in [0.1, 0.15) is 5.65 Å². The van der Waals surface area contributed by atoms with Crippen molar-refractivity contribution in [3.05, 3.63) is 29.0 Å². The fourth-order valence-electron chi connectivity index (χ4n) is 2.93. The van der Waals surface area contributed by atoms with Crippen LogP contribution >= 0.6 is 11.6 Å². The zero-order valence-corrected chi connectivity index (χ0v) is 11.4. The van der Waals surface area contributed by atoms with Crippen LogP contribution in [0.1, 0.15) is 19.5 Å². The molecule has 4 heteroatoms. The highest BCUT2D eigenvalue weighted by Crippen LogP contribution is 2.31. The molecule has 0 bridgehead atoms. The van der Waals surface area contributed by atoms with Gasteiger partial charge in [-0.3, -0.25) is 0 Å². The molecule has 3 nitrogen and oxygen atoms in total. The molecule has 1 aliphatic heterocycles. The number of aliphatic hydroxyl groups excluding tert-OH is 1. The Labute approximate surface area is 111 Å². The lowest BCUT2D eigenvalue weighted by atomic mass is 9.84. The van der Waals surface area contributed by atoms with Crippen LogP contribution in [0.5, 0.6) is 0 Å². The third-order valence-electron chi connectivity index (χ3n) is 3.95. The van der Waals surface area contributed by atoms with Gasteiger partial charge in [0.2, 0.25) is 0 Å². The van der Waals surface area contributed by atoms with Crippen LogP contribution in [0, 0.1) is 11.8 Å². The molecular formula is C14H17ClN2O. The first kappa shape index (κ1) is 12.0. The molecule has 0 saturated carbocycles. The van der Waals surface area contributed by atoms with Gasteiger partial charge < -0.3 is 9.67 Å². The van der Waals surface area contributed by atoms with E-state index >= 15 is 0 Å². The highest BCUT2D eigenvalue weighted by molar-refractivity contribution is 6.31. The molecule has 96 valence electrons. The van der Waals surface area contributed by atoms with Crippen molar-refractivity contribution in [3.63, 3.8) is 0 Å². The van der Waals surface area contributed by atoms with E-state index in [0.717, 1.165) is 17.5 Å². The lowest BCUT2D eigenvalue weighted by Crippen LogP contribution is -2.36. The fraction of sp³-hybridized carbons (Fsp3) is 0.500. The van der Waals surface area contributed by atoms with Crippen molar-refractivity contribution in [2.45, 2.75) is 32.9 Å². The van der Waals surface area contributed by atoms with Crippen LogP contribution in [0.25, 0.3) is 11.0 Å². The predicted molar refractivity (Wildman–Crippen MR) is 72.8 cm³/mol. The Bertz CT molecular complexity index is 591. The van der Waals surface area contributed by atoms with Crippen molar-refractivity contribution in [2.75, 3.05) is 0 Å². The molecule has 2 unspecified atom stereocenters. The van der Waals surface area contributed by atoms with Gasteiger partial charge in [-0.15, -0.1) is 0 Å². The van der Waals surface area contributed by atoms with Crippen LogP contribution in [0.4, 0.5) is 0 Å². The van der Waals surface area contributed by atoms with E-state index in [4.69, 9.17) is 11.6 Å². The lowest BCUT2D eigenvalue weighted by Gasteiger charge is -2.32. The van der Waals surface area contributed by atoms with Crippen molar-refractivity contribution in [1.29, 1.82) is 0 Å². The number of halogens is 1. The van der Waals surface area contributed by atoms with E-state index in [1.165, 1.54) is 5.69 Å². The first-order chi connectivity index (χ1) is 8.56. The standard InChI is InChI=1S/C14H17ClN2O/c1-8(2)12-5-11-4-9-3-10(15)6-16-14(9)17(11)7-13(12)18/h3-4,6,8,12-13,18H,5,7H2,1-2H3. The van der Waals surface area contributed by atoms with Gasteiger partial charge >= 0.3 is 0 Å². The number of rotatable bonds is 1. The summed E-state index contributed by atoms with van der Waals surface area (Å²) < 4.78 is 2.12. The molecule has 0 fully saturated rings. The molecule has 2 aromatic rings. The minimum atomic E-state index is -0.287. The number of fused-ring (bicyclic) bond motifs is 3. The van der Waals surface area contributed by atoms with Gasteiger partial charge in [0.25, 0.3) is 0 Å². The molecule has 3 heterocycles. The molecule has 18 heavy (non-hydrogen) atoms. The maximum atomic E-state index is 10.2. The minimum absolute atomic E-state index is 0.287. The van der Waals surface area contributed by atoms with Gasteiger partial charge in [-0.25, -0.2) is 4.98 Å². The van der Waals surface area contributed by atoms with Gasteiger partial charge in [0.05, 0.1) is 17.7 Å². The van der Waals surface area contributed by atoms with E-state index in [1.807, 2.05) is 6.07 Å². The quantitative estimate of drug-likeness (QED) is 0.860. The SMILES string of the molecule is CC(C)C1Cc2cc3cc(Cl)cnc3n2CC1O. The van der Waals surface area contributed by atoms with Crippen LogP contribution in [-0.4, -0.2) is 20.8 Å². The van der Waals surface area contributed by atoms with E-state index in [2.05, 4.69) is 29.5 Å². The minimum Gasteiger partial charge on any atom is -0.391 e. The van der Waals surface area contributed by atoms with Gasteiger partial charge in [0.15, 0.2) is 0 Å². The average Bonchev–Trinajstić information content (AvgIpc) is 2.64. The van der Waals surface area contributed by atoms with E-state index in [9.17, 15) is 5.11 Å². The Balaban J connectivity index is 2.09. The first-order valence-electron chi connectivity index (χ1n) is 6.38. The number of aromatic nitrogens is 2. The monoisotopic (exact) mass is 264 g/mol. The van der Waals surface area contributed by atoms with Crippen LogP contribution in [0.15, 0.2) is 18.3 Å². The summed E-state index contributed by atoms with van der Waals surface area (Å²) in [7, 11) is 0. The van der Waals surface area contributed by atoms with E-state index < -0.39 is 0 Å².